The van der Waals surface area contributed by atoms with E-state index in [1.54, 1.807) is 0 Å². The van der Waals surface area contributed by atoms with Crippen LogP contribution in [0.4, 0.5) is 0 Å². The van der Waals surface area contributed by atoms with Crippen molar-refractivity contribution in [1.82, 2.24) is 0 Å². The fourth-order valence-electron chi connectivity index (χ4n) is 7.69. The van der Waals surface area contributed by atoms with Gasteiger partial charge in [-0.1, -0.05) is 0 Å². The van der Waals surface area contributed by atoms with Crippen LogP contribution in [0.25, 0.3) is 0 Å². The number of rotatable bonds is 2. The molecule has 31 heavy (non-hydrogen) atoms. The van der Waals surface area contributed by atoms with Gasteiger partial charge in [0.25, 0.3) is 0 Å². The first kappa shape index (κ1) is 32.0. The van der Waals surface area contributed by atoms with Gasteiger partial charge in [0.1, 0.15) is 0 Å². The molecule has 0 aromatic heterocycles. The first-order valence-corrected chi connectivity index (χ1v) is 21.7. The molecule has 0 bridgehead atoms. The van der Waals surface area contributed by atoms with Gasteiger partial charge in [0, 0.05) is 0 Å². The van der Waals surface area contributed by atoms with E-state index in [-0.39, 0.29) is 30.9 Å². The molecule has 0 radical (unpaired) electrons. The van der Waals surface area contributed by atoms with Crippen molar-refractivity contribution in [2.24, 2.45) is 7.40 Å². The molecule has 0 fully saturated rings. The Hall–Kier alpha value is 1.00. The Morgan fingerprint density at radius 2 is 0.484 bits per heavy atom. The fraction of sp³-hybridized carbons (Fsp3) is 1.00. The molecule has 0 N–H and O–H groups in total. The van der Waals surface area contributed by atoms with E-state index in [2.05, 4.69) is 136 Å². The molecule has 0 saturated heterocycles. The maximum absolute atomic E-state index is 6.14. The summed E-state index contributed by atoms with van der Waals surface area (Å²) in [5, 5.41) is 0.880. The Bertz CT molecular complexity index is 599. The van der Waals surface area contributed by atoms with Gasteiger partial charge in [0.2, 0.25) is 0 Å². The third-order valence-electron chi connectivity index (χ3n) is 6.61. The molecule has 0 aromatic carbocycles. The number of nitrogens with zero attached hydrogens (tertiary/aromatic N) is 2. The van der Waals surface area contributed by atoms with Gasteiger partial charge in [-0.15, -0.1) is 0 Å². The van der Waals surface area contributed by atoms with Crippen LogP contribution in [0.15, 0.2) is 7.40 Å². The molecule has 0 atom stereocenters. The van der Waals surface area contributed by atoms with Gasteiger partial charge in [0.05, 0.1) is 0 Å². The number of hydrogen-bond donors (Lipinski definition) is 0. The monoisotopic (exact) mass is 536 g/mol. The first-order chi connectivity index (χ1) is 12.9. The van der Waals surface area contributed by atoms with Gasteiger partial charge < -0.3 is 0 Å². The van der Waals surface area contributed by atoms with Crippen LogP contribution in [0, 0.1) is 0 Å². The molecule has 0 unspecified atom stereocenters. The van der Waals surface area contributed by atoms with E-state index in [0.717, 1.165) is 0 Å². The van der Waals surface area contributed by atoms with Gasteiger partial charge in [-0.2, -0.15) is 0 Å². The molecule has 0 amide bonds. The molecule has 0 rings (SSSR count). The zero-order valence-electron chi connectivity index (χ0n) is 25.3. The Kier molecular flexibility index (Phi) is 8.87. The van der Waals surface area contributed by atoms with Crippen LogP contribution in [0.3, 0.4) is 0 Å². The molecule has 2 nitrogen and oxygen atoms in total. The van der Waals surface area contributed by atoms with Crippen LogP contribution in [0.5, 0.6) is 0 Å². The summed E-state index contributed by atoms with van der Waals surface area (Å²) in [4.78, 5) is 0. The van der Waals surface area contributed by atoms with Crippen molar-refractivity contribution in [3.8, 4) is 0 Å². The SMILES string of the molecule is CC(C)(C)P(=[N][Ge]([CH3])([CH3])[N]=P(C(C)(C)C)(C(C)(C)C)C(C)(C)C)(C(C)(C)C)C(C)(C)C. The molecule has 0 aliphatic rings. The molecular weight excluding hydrogens is 475 g/mol. The van der Waals surface area contributed by atoms with Gasteiger partial charge >= 0.3 is 202 Å². The third-order valence-corrected chi connectivity index (χ3v) is 29.8. The summed E-state index contributed by atoms with van der Waals surface area (Å²) >= 11 is -2.93. The van der Waals surface area contributed by atoms with Crippen molar-refractivity contribution < 1.29 is 0 Å². The topological polar surface area (TPSA) is 24.7 Å². The van der Waals surface area contributed by atoms with E-state index in [0.29, 0.717) is 0 Å². The normalized spacial score (nSPS) is 16.4. The standard InChI is InChI=1S/C26H60GeN2P2/c1-21(2,3)30(22(4,5)6,23(7,8)9)28-27(19,20)29-31(24(10,11)12,25(13,14)15)26(16,17)18/h1-20H3. The van der Waals surface area contributed by atoms with Crippen molar-refractivity contribution in [3.05, 3.63) is 0 Å². The Balaban J connectivity index is 8.00. The van der Waals surface area contributed by atoms with Crippen molar-refractivity contribution in [2.75, 3.05) is 0 Å². The summed E-state index contributed by atoms with van der Waals surface area (Å²) < 4.78 is 12.3. The van der Waals surface area contributed by atoms with Gasteiger partial charge in [-0.25, -0.2) is 0 Å². The van der Waals surface area contributed by atoms with Crippen molar-refractivity contribution in [1.29, 1.82) is 0 Å². The molecule has 5 heteroatoms. The summed E-state index contributed by atoms with van der Waals surface area (Å²) in [5.41, 5.74) is 0. The van der Waals surface area contributed by atoms with Gasteiger partial charge in [-0.3, -0.25) is 0 Å². The molecule has 0 saturated carbocycles. The molecule has 0 aliphatic carbocycles. The second kappa shape index (κ2) is 8.59. The van der Waals surface area contributed by atoms with Crippen LogP contribution in [0.1, 0.15) is 125 Å². The summed E-state index contributed by atoms with van der Waals surface area (Å²) in [6.07, 6.45) is 0. The molecule has 188 valence electrons. The van der Waals surface area contributed by atoms with Gasteiger partial charge in [-0.05, 0) is 0 Å². The zero-order chi connectivity index (χ0) is 25.9. The summed E-state index contributed by atoms with van der Waals surface area (Å²) in [7, 11) is -3.56. The van der Waals surface area contributed by atoms with Crippen molar-refractivity contribution in [2.45, 2.75) is 167 Å². The van der Waals surface area contributed by atoms with Crippen LogP contribution >= 0.6 is 14.1 Å². The Morgan fingerprint density at radius 1 is 0.355 bits per heavy atom. The van der Waals surface area contributed by atoms with Crippen LogP contribution < -0.4 is 0 Å². The zero-order valence-corrected chi connectivity index (χ0v) is 29.2. The minimum absolute atomic E-state index is 0.147. The summed E-state index contributed by atoms with van der Waals surface area (Å²) in [5.74, 6) is 4.96. The predicted molar refractivity (Wildman–Crippen MR) is 155 cm³/mol. The van der Waals surface area contributed by atoms with E-state index >= 15 is 0 Å². The minimum atomic E-state index is -2.93. The number of hydrogen-bond acceptors (Lipinski definition) is 2. The summed E-state index contributed by atoms with van der Waals surface area (Å²) in [6.45, 7) is 44.0. The van der Waals surface area contributed by atoms with Crippen LogP contribution in [-0.4, -0.2) is 44.6 Å². The molecule has 0 aromatic rings. The van der Waals surface area contributed by atoms with Crippen LogP contribution in [0.2, 0.25) is 11.5 Å². The maximum atomic E-state index is 6.14. The second-order valence-corrected chi connectivity index (χ2v) is 35.8. The Labute approximate surface area is 201 Å². The van der Waals surface area contributed by atoms with E-state index < -0.39 is 27.8 Å². The molecular formula is C26H60GeN2P2. The predicted octanol–water partition coefficient (Wildman–Crippen LogP) is 10.9. The second-order valence-electron chi connectivity index (χ2n) is 16.0. The van der Waals surface area contributed by atoms with E-state index in [4.69, 9.17) is 7.40 Å². The Morgan fingerprint density at radius 3 is 0.581 bits per heavy atom. The average Bonchev–Trinajstić information content (AvgIpc) is 2.33. The van der Waals surface area contributed by atoms with Crippen molar-refractivity contribution >= 4 is 27.8 Å². The quantitative estimate of drug-likeness (QED) is 0.248. The van der Waals surface area contributed by atoms with Gasteiger partial charge in [0.15, 0.2) is 0 Å². The fourth-order valence-corrected chi connectivity index (χ4v) is 44.5. The first-order valence-electron chi connectivity index (χ1n) is 12.2. The van der Waals surface area contributed by atoms with Crippen LogP contribution in [-0.2, 0) is 0 Å². The van der Waals surface area contributed by atoms with E-state index in [1.807, 2.05) is 0 Å². The summed E-state index contributed by atoms with van der Waals surface area (Å²) in [6, 6.07) is 0. The van der Waals surface area contributed by atoms with E-state index in [9.17, 15) is 0 Å². The molecule has 0 heterocycles. The average molecular weight is 535 g/mol. The molecule has 0 aliphatic heterocycles. The van der Waals surface area contributed by atoms with Crippen molar-refractivity contribution in [3.63, 3.8) is 0 Å². The van der Waals surface area contributed by atoms with E-state index in [1.165, 1.54) is 0 Å². The third kappa shape index (κ3) is 5.81. The molecule has 0 spiro atoms.